The molecule has 4 nitrogen and oxygen atoms in total. The number of ether oxygens (including phenoxy) is 1. The van der Waals surface area contributed by atoms with Gasteiger partial charge in [-0.15, -0.1) is 0 Å². The molecule has 3 rings (SSSR count). The molecule has 1 aliphatic carbocycles. The quantitative estimate of drug-likeness (QED) is 0.840. The van der Waals surface area contributed by atoms with Gasteiger partial charge in [-0.1, -0.05) is 24.3 Å². The van der Waals surface area contributed by atoms with E-state index in [0.29, 0.717) is 6.61 Å². The summed E-state index contributed by atoms with van der Waals surface area (Å²) in [7, 11) is 1.89. The lowest BCUT2D eigenvalue weighted by atomic mass is 10.1. The van der Waals surface area contributed by atoms with Gasteiger partial charge in [-0.3, -0.25) is 4.68 Å². The van der Waals surface area contributed by atoms with Gasteiger partial charge in [0.25, 0.3) is 0 Å². The van der Waals surface area contributed by atoms with Crippen molar-refractivity contribution in [3.63, 3.8) is 0 Å². The summed E-state index contributed by atoms with van der Waals surface area (Å²) >= 11 is 0. The second kappa shape index (κ2) is 6.09. The van der Waals surface area contributed by atoms with Crippen LogP contribution in [0.15, 0.2) is 36.7 Å². The Bertz CT molecular complexity index is 543. The molecule has 1 fully saturated rings. The van der Waals surface area contributed by atoms with Crippen LogP contribution < -0.4 is 10.1 Å². The van der Waals surface area contributed by atoms with E-state index in [0.717, 1.165) is 24.8 Å². The number of nitrogens with one attached hydrogen (secondary N) is 1. The molecule has 0 atom stereocenters. The second-order valence-corrected chi connectivity index (χ2v) is 5.43. The van der Waals surface area contributed by atoms with Crippen molar-refractivity contribution >= 4 is 0 Å². The molecule has 20 heavy (non-hydrogen) atoms. The number of aryl methyl sites for hydroxylation is 1. The predicted molar refractivity (Wildman–Crippen MR) is 78.7 cm³/mol. The molecule has 1 saturated carbocycles. The van der Waals surface area contributed by atoms with Gasteiger partial charge in [0.15, 0.2) is 5.75 Å². The molecule has 1 heterocycles. The van der Waals surface area contributed by atoms with Crippen LogP contribution in [0.25, 0.3) is 0 Å². The van der Waals surface area contributed by atoms with Crippen LogP contribution >= 0.6 is 0 Å². The van der Waals surface area contributed by atoms with E-state index in [4.69, 9.17) is 4.74 Å². The lowest BCUT2D eigenvalue weighted by Crippen LogP contribution is -2.19. The van der Waals surface area contributed by atoms with Crippen molar-refractivity contribution in [1.29, 1.82) is 0 Å². The van der Waals surface area contributed by atoms with Gasteiger partial charge in [-0.2, -0.15) is 5.10 Å². The van der Waals surface area contributed by atoms with Crippen LogP contribution in [0.2, 0.25) is 0 Å². The molecular formula is C16H21N3O. The molecule has 106 valence electrons. The summed E-state index contributed by atoms with van der Waals surface area (Å²) in [5.41, 5.74) is 2.57. The first-order valence-corrected chi connectivity index (χ1v) is 7.22. The van der Waals surface area contributed by atoms with Crippen molar-refractivity contribution in [2.45, 2.75) is 31.9 Å². The topological polar surface area (TPSA) is 39.1 Å². The highest BCUT2D eigenvalue weighted by Gasteiger charge is 2.19. The molecule has 0 unspecified atom stereocenters. The Morgan fingerprint density at radius 1 is 1.25 bits per heavy atom. The zero-order chi connectivity index (χ0) is 13.8. The number of rotatable bonds is 7. The van der Waals surface area contributed by atoms with Crippen LogP contribution in [-0.2, 0) is 20.1 Å². The fraction of sp³-hybridized carbons (Fsp3) is 0.438. The van der Waals surface area contributed by atoms with Crippen LogP contribution in [0, 0.1) is 0 Å². The Balaban J connectivity index is 1.45. The minimum Gasteiger partial charge on any atom is -0.486 e. The third-order valence-corrected chi connectivity index (χ3v) is 3.53. The number of aromatic nitrogens is 2. The molecule has 0 bridgehead atoms. The van der Waals surface area contributed by atoms with Crippen molar-refractivity contribution in [3.8, 4) is 5.75 Å². The monoisotopic (exact) mass is 271 g/mol. The lowest BCUT2D eigenvalue weighted by Gasteiger charge is -2.06. The first-order chi connectivity index (χ1) is 9.79. The summed E-state index contributed by atoms with van der Waals surface area (Å²) in [6.07, 6.45) is 7.41. The highest BCUT2D eigenvalue weighted by molar-refractivity contribution is 5.23. The Morgan fingerprint density at radius 2 is 2.00 bits per heavy atom. The highest BCUT2D eigenvalue weighted by atomic mass is 16.5. The van der Waals surface area contributed by atoms with E-state index in [9.17, 15) is 0 Å². The smallest absolute Gasteiger partial charge is 0.157 e. The van der Waals surface area contributed by atoms with Crippen LogP contribution in [0.1, 0.15) is 24.0 Å². The van der Waals surface area contributed by atoms with Crippen molar-refractivity contribution in [2.24, 2.45) is 7.05 Å². The molecule has 1 N–H and O–H groups in total. The molecule has 4 heteroatoms. The molecule has 0 aliphatic heterocycles. The lowest BCUT2D eigenvalue weighted by molar-refractivity contribution is 0.306. The van der Waals surface area contributed by atoms with Crippen molar-refractivity contribution < 1.29 is 4.74 Å². The first kappa shape index (κ1) is 13.2. The molecule has 1 aliphatic rings. The zero-order valence-corrected chi connectivity index (χ0v) is 11.9. The number of nitrogens with zero attached hydrogens (tertiary/aromatic N) is 2. The molecule has 2 aromatic rings. The van der Waals surface area contributed by atoms with Gasteiger partial charge in [-0.25, -0.2) is 0 Å². The van der Waals surface area contributed by atoms with Gasteiger partial charge in [0.1, 0.15) is 6.61 Å². The van der Waals surface area contributed by atoms with Crippen LogP contribution in [-0.4, -0.2) is 22.4 Å². The first-order valence-electron chi connectivity index (χ1n) is 7.22. The minimum atomic E-state index is 0.590. The van der Waals surface area contributed by atoms with E-state index >= 15 is 0 Å². The standard InChI is InChI=1S/C16H21N3O/c1-19-11-16(10-18-19)20-12-14-4-2-13(3-5-14)8-9-17-15-6-7-15/h2-5,10-11,15,17H,6-9,12H2,1H3. The Kier molecular flexibility index (Phi) is 4.02. The average Bonchev–Trinajstić information content (AvgIpc) is 3.19. The van der Waals surface area contributed by atoms with Gasteiger partial charge in [0.05, 0.1) is 12.4 Å². The summed E-state index contributed by atoms with van der Waals surface area (Å²) in [6.45, 7) is 1.67. The molecule has 0 amide bonds. The number of benzene rings is 1. The van der Waals surface area contributed by atoms with Crippen molar-refractivity contribution in [2.75, 3.05) is 6.54 Å². The summed E-state index contributed by atoms with van der Waals surface area (Å²) in [4.78, 5) is 0. The van der Waals surface area contributed by atoms with Crippen molar-refractivity contribution in [3.05, 3.63) is 47.8 Å². The molecule has 0 radical (unpaired) electrons. The predicted octanol–water partition coefficient (Wildman–Crippen LogP) is 2.29. The second-order valence-electron chi connectivity index (χ2n) is 5.43. The maximum atomic E-state index is 5.68. The summed E-state index contributed by atoms with van der Waals surface area (Å²) in [5.74, 6) is 0.810. The highest BCUT2D eigenvalue weighted by Crippen LogP contribution is 2.18. The summed E-state index contributed by atoms with van der Waals surface area (Å²) in [6, 6.07) is 9.46. The molecule has 0 saturated heterocycles. The SMILES string of the molecule is Cn1cc(OCc2ccc(CCNC3CC3)cc2)cn1. The maximum absolute atomic E-state index is 5.68. The third-order valence-electron chi connectivity index (χ3n) is 3.53. The molecule has 1 aromatic carbocycles. The fourth-order valence-electron chi connectivity index (χ4n) is 2.15. The largest absolute Gasteiger partial charge is 0.486 e. The molecular weight excluding hydrogens is 250 g/mol. The Labute approximate surface area is 119 Å². The van der Waals surface area contributed by atoms with Crippen molar-refractivity contribution in [1.82, 2.24) is 15.1 Å². The Hall–Kier alpha value is -1.81. The van der Waals surface area contributed by atoms with E-state index in [1.54, 1.807) is 10.9 Å². The fourth-order valence-corrected chi connectivity index (χ4v) is 2.15. The van der Waals surface area contributed by atoms with E-state index < -0.39 is 0 Å². The van der Waals surface area contributed by atoms with Gasteiger partial charge in [0, 0.05) is 13.1 Å². The van der Waals surface area contributed by atoms with E-state index in [1.165, 1.54) is 24.0 Å². The van der Waals surface area contributed by atoms with Crippen LogP contribution in [0.4, 0.5) is 0 Å². The van der Waals surface area contributed by atoms with Crippen LogP contribution in [0.3, 0.4) is 0 Å². The number of hydrogen-bond donors (Lipinski definition) is 1. The van der Waals surface area contributed by atoms with Crippen LogP contribution in [0.5, 0.6) is 5.75 Å². The van der Waals surface area contributed by atoms with Gasteiger partial charge in [-0.05, 0) is 36.9 Å². The summed E-state index contributed by atoms with van der Waals surface area (Å²) in [5, 5.41) is 7.62. The van der Waals surface area contributed by atoms with E-state index in [2.05, 4.69) is 34.7 Å². The Morgan fingerprint density at radius 3 is 2.65 bits per heavy atom. The number of hydrogen-bond acceptors (Lipinski definition) is 3. The molecule has 1 aromatic heterocycles. The third kappa shape index (κ3) is 3.84. The zero-order valence-electron chi connectivity index (χ0n) is 11.9. The maximum Gasteiger partial charge on any atom is 0.157 e. The van der Waals surface area contributed by atoms with Gasteiger partial charge in [0.2, 0.25) is 0 Å². The van der Waals surface area contributed by atoms with E-state index in [-0.39, 0.29) is 0 Å². The minimum absolute atomic E-state index is 0.590. The molecule has 0 spiro atoms. The van der Waals surface area contributed by atoms with E-state index in [1.807, 2.05) is 13.2 Å². The van der Waals surface area contributed by atoms with Gasteiger partial charge >= 0.3 is 0 Å². The van der Waals surface area contributed by atoms with Gasteiger partial charge < -0.3 is 10.1 Å². The average molecular weight is 271 g/mol. The normalized spacial score (nSPS) is 14.4. The summed E-state index contributed by atoms with van der Waals surface area (Å²) < 4.78 is 7.42.